The lowest BCUT2D eigenvalue weighted by molar-refractivity contribution is 0.442. The van der Waals surface area contributed by atoms with Crippen LogP contribution in [0.25, 0.3) is 11.0 Å². The summed E-state index contributed by atoms with van der Waals surface area (Å²) < 4.78 is 31.5. The third-order valence-corrected chi connectivity index (χ3v) is 5.48. The lowest BCUT2D eigenvalue weighted by atomic mass is 10.2. The Labute approximate surface area is 129 Å². The smallest absolute Gasteiger partial charge is 0.220 e. The topological polar surface area (TPSA) is 75.4 Å². The molecule has 0 spiro atoms. The Hall–Kier alpha value is -1.15. The molecule has 2 heterocycles. The maximum Gasteiger partial charge on any atom is 0.220 e. The minimum atomic E-state index is -3.35. The zero-order valence-corrected chi connectivity index (χ0v) is 13.3. The molecule has 1 aromatic carbocycles. The Morgan fingerprint density at radius 2 is 2.19 bits per heavy atom. The van der Waals surface area contributed by atoms with Crippen molar-refractivity contribution in [2.75, 3.05) is 20.1 Å². The van der Waals surface area contributed by atoms with E-state index in [-0.39, 0.29) is 24.2 Å². The van der Waals surface area contributed by atoms with Crippen molar-refractivity contribution in [2.24, 2.45) is 0 Å². The molecule has 0 saturated carbocycles. The van der Waals surface area contributed by atoms with Gasteiger partial charge in [-0.2, -0.15) is 4.31 Å². The summed E-state index contributed by atoms with van der Waals surface area (Å²) in [6.45, 7) is 1.08. The monoisotopic (exact) mass is 331 g/mol. The molecule has 1 aromatic heterocycles. The Morgan fingerprint density at radius 1 is 1.43 bits per heavy atom. The Morgan fingerprint density at radius 3 is 2.90 bits per heavy atom. The van der Waals surface area contributed by atoms with E-state index in [1.165, 1.54) is 4.31 Å². The molecule has 116 valence electrons. The highest BCUT2D eigenvalue weighted by molar-refractivity contribution is 7.88. The molecule has 1 fully saturated rings. The van der Waals surface area contributed by atoms with E-state index in [1.54, 1.807) is 6.07 Å². The van der Waals surface area contributed by atoms with E-state index in [1.807, 2.05) is 25.2 Å². The van der Waals surface area contributed by atoms with Gasteiger partial charge in [-0.05, 0) is 25.6 Å². The van der Waals surface area contributed by atoms with Crippen molar-refractivity contribution in [3.05, 3.63) is 30.0 Å². The van der Waals surface area contributed by atoms with Crippen LogP contribution in [0.2, 0.25) is 0 Å². The molecule has 0 bridgehead atoms. The molecule has 2 aromatic rings. The first kappa shape index (κ1) is 16.2. The van der Waals surface area contributed by atoms with Gasteiger partial charge in [0, 0.05) is 24.5 Å². The van der Waals surface area contributed by atoms with Crippen molar-refractivity contribution in [2.45, 2.75) is 18.2 Å². The summed E-state index contributed by atoms with van der Waals surface area (Å²) in [7, 11) is -1.49. The van der Waals surface area contributed by atoms with Gasteiger partial charge in [0.15, 0.2) is 5.58 Å². The summed E-state index contributed by atoms with van der Waals surface area (Å²) in [5.41, 5.74) is 1.10. The molecule has 0 aliphatic carbocycles. The van der Waals surface area contributed by atoms with E-state index < -0.39 is 10.0 Å². The normalized spacial score (nSPS) is 19.8. The fraction of sp³-hybridized carbons (Fsp3) is 0.462. The highest BCUT2D eigenvalue weighted by Crippen LogP contribution is 2.22. The second kappa shape index (κ2) is 6.31. The molecule has 3 rings (SSSR count). The van der Waals surface area contributed by atoms with Gasteiger partial charge in [0.1, 0.15) is 11.4 Å². The number of fused-ring (bicyclic) bond motifs is 1. The molecule has 1 N–H and O–H groups in total. The maximum absolute atomic E-state index is 12.4. The first-order valence-electron chi connectivity index (χ1n) is 6.58. The summed E-state index contributed by atoms with van der Waals surface area (Å²) in [6.07, 6.45) is 0.843. The van der Waals surface area contributed by atoms with E-state index in [9.17, 15) is 8.42 Å². The SMILES string of the molecule is CNC1CCN(S(=O)(=O)Cc2noc3ccccc23)C1.Cl. The fourth-order valence-electron chi connectivity index (χ4n) is 2.52. The van der Waals surface area contributed by atoms with Crippen molar-refractivity contribution >= 4 is 33.4 Å². The van der Waals surface area contributed by atoms with Crippen LogP contribution in [0.5, 0.6) is 0 Å². The minimum Gasteiger partial charge on any atom is -0.356 e. The van der Waals surface area contributed by atoms with Gasteiger partial charge in [-0.3, -0.25) is 0 Å². The number of hydrogen-bond acceptors (Lipinski definition) is 5. The number of hydrogen-bond donors (Lipinski definition) is 1. The van der Waals surface area contributed by atoms with Crippen molar-refractivity contribution in [3.8, 4) is 0 Å². The van der Waals surface area contributed by atoms with Gasteiger partial charge in [0.05, 0.1) is 0 Å². The quantitative estimate of drug-likeness (QED) is 0.916. The van der Waals surface area contributed by atoms with Crippen LogP contribution in [0.15, 0.2) is 28.8 Å². The van der Waals surface area contributed by atoms with Crippen LogP contribution in [0.1, 0.15) is 12.1 Å². The number of benzene rings is 1. The van der Waals surface area contributed by atoms with Crippen molar-refractivity contribution in [1.29, 1.82) is 0 Å². The number of nitrogens with zero attached hydrogens (tertiary/aromatic N) is 2. The number of aromatic nitrogens is 1. The van der Waals surface area contributed by atoms with Crippen molar-refractivity contribution < 1.29 is 12.9 Å². The first-order chi connectivity index (χ1) is 9.60. The molecule has 1 saturated heterocycles. The number of sulfonamides is 1. The van der Waals surface area contributed by atoms with Gasteiger partial charge in [-0.25, -0.2) is 8.42 Å². The number of likely N-dealkylation sites (N-methyl/N-ethyl adjacent to an activating group) is 1. The van der Waals surface area contributed by atoms with Crippen LogP contribution in [0.4, 0.5) is 0 Å². The summed E-state index contributed by atoms with van der Waals surface area (Å²) in [6, 6.07) is 7.54. The number of nitrogens with one attached hydrogen (secondary N) is 1. The zero-order valence-electron chi connectivity index (χ0n) is 11.7. The summed E-state index contributed by atoms with van der Waals surface area (Å²) in [5, 5.41) is 7.77. The van der Waals surface area contributed by atoms with Crippen molar-refractivity contribution in [1.82, 2.24) is 14.8 Å². The van der Waals surface area contributed by atoms with E-state index >= 15 is 0 Å². The first-order valence-corrected chi connectivity index (χ1v) is 8.19. The molecule has 0 amide bonds. The predicted octanol–water partition coefficient (Wildman–Crippen LogP) is 1.37. The number of rotatable bonds is 4. The molecule has 1 aliphatic rings. The third-order valence-electron chi connectivity index (χ3n) is 3.72. The summed E-state index contributed by atoms with van der Waals surface area (Å²) in [4.78, 5) is 0. The van der Waals surface area contributed by atoms with Gasteiger partial charge in [-0.15, -0.1) is 12.4 Å². The van der Waals surface area contributed by atoms with E-state index in [0.29, 0.717) is 24.4 Å². The molecular weight excluding hydrogens is 314 g/mol. The van der Waals surface area contributed by atoms with Gasteiger partial charge < -0.3 is 9.84 Å². The lowest BCUT2D eigenvalue weighted by Gasteiger charge is -2.15. The summed E-state index contributed by atoms with van der Waals surface area (Å²) >= 11 is 0. The van der Waals surface area contributed by atoms with Crippen LogP contribution in [0.3, 0.4) is 0 Å². The van der Waals surface area contributed by atoms with Crippen LogP contribution in [0, 0.1) is 0 Å². The molecule has 0 radical (unpaired) electrons. The highest BCUT2D eigenvalue weighted by atomic mass is 35.5. The van der Waals surface area contributed by atoms with Crippen molar-refractivity contribution in [3.63, 3.8) is 0 Å². The third kappa shape index (κ3) is 3.21. The van der Waals surface area contributed by atoms with Gasteiger partial charge in [0.25, 0.3) is 0 Å². The Kier molecular flexibility index (Phi) is 4.88. The fourth-order valence-corrected chi connectivity index (χ4v) is 4.05. The molecule has 1 aliphatic heterocycles. The second-order valence-electron chi connectivity index (χ2n) is 5.01. The standard InChI is InChI=1S/C13H17N3O3S.ClH/c1-14-10-6-7-16(8-10)20(17,18)9-12-11-4-2-3-5-13(11)19-15-12;/h2-5,10,14H,6-9H2,1H3;1H. The van der Waals surface area contributed by atoms with E-state index in [2.05, 4.69) is 10.5 Å². The van der Waals surface area contributed by atoms with Gasteiger partial charge in [0.2, 0.25) is 10.0 Å². The zero-order chi connectivity index (χ0) is 14.2. The molecule has 21 heavy (non-hydrogen) atoms. The number of para-hydroxylation sites is 1. The largest absolute Gasteiger partial charge is 0.356 e. The average molecular weight is 332 g/mol. The molecule has 1 atom stereocenters. The average Bonchev–Trinajstić information content (AvgIpc) is 3.06. The Bertz CT molecular complexity index is 716. The number of halogens is 1. The predicted molar refractivity (Wildman–Crippen MR) is 82.9 cm³/mol. The Balaban J connectivity index is 0.00000161. The van der Waals surface area contributed by atoms with E-state index in [0.717, 1.165) is 11.8 Å². The second-order valence-corrected chi connectivity index (χ2v) is 6.98. The minimum absolute atomic E-state index is 0. The van der Waals surface area contributed by atoms with Gasteiger partial charge >= 0.3 is 0 Å². The maximum atomic E-state index is 12.4. The van der Waals surface area contributed by atoms with Crippen LogP contribution >= 0.6 is 12.4 Å². The molecule has 1 unspecified atom stereocenters. The van der Waals surface area contributed by atoms with E-state index in [4.69, 9.17) is 4.52 Å². The van der Waals surface area contributed by atoms with Crippen LogP contribution in [-0.2, 0) is 15.8 Å². The lowest BCUT2D eigenvalue weighted by Crippen LogP contribution is -2.34. The molecular formula is C13H18ClN3O3S. The van der Waals surface area contributed by atoms with Crippen LogP contribution in [-0.4, -0.2) is 44.1 Å². The van der Waals surface area contributed by atoms with Gasteiger partial charge in [-0.1, -0.05) is 17.3 Å². The molecule has 8 heteroatoms. The highest BCUT2D eigenvalue weighted by Gasteiger charge is 2.31. The molecule has 6 nitrogen and oxygen atoms in total. The van der Waals surface area contributed by atoms with Crippen LogP contribution < -0.4 is 5.32 Å². The summed E-state index contributed by atoms with van der Waals surface area (Å²) in [5.74, 6) is -0.111.